The third-order valence-corrected chi connectivity index (χ3v) is 6.46. The van der Waals surface area contributed by atoms with Crippen molar-refractivity contribution in [3.05, 3.63) is 102 Å². The van der Waals surface area contributed by atoms with Gasteiger partial charge in [-0.2, -0.15) is 0 Å². The van der Waals surface area contributed by atoms with E-state index in [9.17, 15) is 0 Å². The second kappa shape index (κ2) is 7.37. The zero-order valence-electron chi connectivity index (χ0n) is 17.2. The smallest absolute Gasteiger partial charge is 0.00549 e. The maximum absolute atomic E-state index is 2.46. The summed E-state index contributed by atoms with van der Waals surface area (Å²) in [6.07, 6.45) is 4.75. The average Bonchev–Trinajstić information content (AvgIpc) is 3.23. The van der Waals surface area contributed by atoms with Crippen LogP contribution in [0.2, 0.25) is 0 Å². The Bertz CT molecular complexity index is 1220. The van der Waals surface area contributed by atoms with Gasteiger partial charge < -0.3 is 0 Å². The summed E-state index contributed by atoms with van der Waals surface area (Å²) in [6.45, 7) is 4.63. The molecule has 1 atom stereocenters. The van der Waals surface area contributed by atoms with Crippen molar-refractivity contribution in [1.29, 1.82) is 0 Å². The molecule has 1 aliphatic carbocycles. The van der Waals surface area contributed by atoms with Gasteiger partial charge in [0.25, 0.3) is 0 Å². The van der Waals surface area contributed by atoms with Gasteiger partial charge in [-0.1, -0.05) is 110 Å². The standard InChI is InChI=1S/C29H26/c1-3-20(2)23-18-22-12-9-17-28(29(22)19-23)27-15-7-6-14-26(27)25-16-8-11-21-10-4-5-13-24(21)25/h4-17,19-20H,3,18H2,1-2H3. The molecule has 1 unspecified atom stereocenters. The van der Waals surface area contributed by atoms with Crippen molar-refractivity contribution in [2.75, 3.05) is 0 Å². The van der Waals surface area contributed by atoms with Crippen LogP contribution in [-0.2, 0) is 6.42 Å². The highest BCUT2D eigenvalue weighted by Gasteiger charge is 2.21. The molecule has 4 aromatic rings. The molecule has 0 saturated carbocycles. The molecule has 0 amide bonds. The first kappa shape index (κ1) is 17.9. The van der Waals surface area contributed by atoms with Gasteiger partial charge in [0.05, 0.1) is 0 Å². The Kier molecular flexibility index (Phi) is 4.56. The van der Waals surface area contributed by atoms with Crippen LogP contribution in [0.4, 0.5) is 0 Å². The number of allylic oxidation sites excluding steroid dienone is 1. The van der Waals surface area contributed by atoms with Crippen LogP contribution >= 0.6 is 0 Å². The van der Waals surface area contributed by atoms with Gasteiger partial charge in [0.15, 0.2) is 0 Å². The molecule has 0 nitrogen and oxygen atoms in total. The maximum Gasteiger partial charge on any atom is -0.00549 e. The predicted molar refractivity (Wildman–Crippen MR) is 126 cm³/mol. The van der Waals surface area contributed by atoms with E-state index in [0.29, 0.717) is 5.92 Å². The van der Waals surface area contributed by atoms with Gasteiger partial charge in [0.2, 0.25) is 0 Å². The van der Waals surface area contributed by atoms with Crippen LogP contribution < -0.4 is 0 Å². The van der Waals surface area contributed by atoms with Crippen LogP contribution in [0.15, 0.2) is 90.5 Å². The van der Waals surface area contributed by atoms with Crippen molar-refractivity contribution in [3.63, 3.8) is 0 Å². The zero-order chi connectivity index (χ0) is 19.8. The van der Waals surface area contributed by atoms with Crippen LogP contribution in [0.25, 0.3) is 39.1 Å². The van der Waals surface area contributed by atoms with E-state index in [2.05, 4.69) is 105 Å². The second-order valence-corrected chi connectivity index (χ2v) is 8.16. The molecule has 4 aromatic carbocycles. The molecule has 0 spiro atoms. The molecular formula is C29H26. The van der Waals surface area contributed by atoms with Gasteiger partial charge in [0, 0.05) is 0 Å². The lowest BCUT2D eigenvalue weighted by Crippen LogP contribution is -1.96. The van der Waals surface area contributed by atoms with E-state index in [0.717, 1.165) is 6.42 Å². The monoisotopic (exact) mass is 374 g/mol. The van der Waals surface area contributed by atoms with Gasteiger partial charge in [-0.3, -0.25) is 0 Å². The SMILES string of the molecule is CCC(C)C1=Cc2c(cccc2-c2ccccc2-c2cccc3ccccc23)C1. The Hall–Kier alpha value is -3.12. The maximum atomic E-state index is 2.46. The van der Waals surface area contributed by atoms with E-state index < -0.39 is 0 Å². The highest BCUT2D eigenvalue weighted by molar-refractivity contribution is 6.01. The second-order valence-electron chi connectivity index (χ2n) is 8.16. The van der Waals surface area contributed by atoms with E-state index in [1.807, 2.05) is 0 Å². The molecule has 0 radical (unpaired) electrons. The molecule has 0 aliphatic heterocycles. The predicted octanol–water partition coefficient (Wildman–Crippen LogP) is 8.16. The molecule has 142 valence electrons. The summed E-state index contributed by atoms with van der Waals surface area (Å²) in [5.41, 5.74) is 9.73. The zero-order valence-corrected chi connectivity index (χ0v) is 17.2. The molecule has 0 aromatic heterocycles. The molecule has 0 fully saturated rings. The minimum atomic E-state index is 0.642. The minimum absolute atomic E-state index is 0.642. The van der Waals surface area contributed by atoms with Crippen molar-refractivity contribution >= 4 is 16.8 Å². The van der Waals surface area contributed by atoms with Gasteiger partial charge in [-0.15, -0.1) is 0 Å². The summed E-state index contributed by atoms with van der Waals surface area (Å²) in [4.78, 5) is 0. The third-order valence-electron chi connectivity index (χ3n) is 6.46. The van der Waals surface area contributed by atoms with Crippen molar-refractivity contribution < 1.29 is 0 Å². The molecule has 5 rings (SSSR count). The highest BCUT2D eigenvalue weighted by Crippen LogP contribution is 2.41. The van der Waals surface area contributed by atoms with Crippen LogP contribution in [0.3, 0.4) is 0 Å². The summed E-state index contributed by atoms with van der Waals surface area (Å²) in [6, 6.07) is 31.0. The van der Waals surface area contributed by atoms with Crippen molar-refractivity contribution in [1.82, 2.24) is 0 Å². The molecule has 1 aliphatic rings. The lowest BCUT2D eigenvalue weighted by molar-refractivity contribution is 0.647. The summed E-state index contributed by atoms with van der Waals surface area (Å²) in [5, 5.41) is 2.60. The molecule has 29 heavy (non-hydrogen) atoms. The average molecular weight is 375 g/mol. The molecule has 0 bridgehead atoms. The van der Waals surface area contributed by atoms with Gasteiger partial charge in [-0.25, -0.2) is 0 Å². The third kappa shape index (κ3) is 3.09. The van der Waals surface area contributed by atoms with Gasteiger partial charge in [-0.05, 0) is 62.9 Å². The van der Waals surface area contributed by atoms with Crippen LogP contribution in [-0.4, -0.2) is 0 Å². The van der Waals surface area contributed by atoms with Crippen molar-refractivity contribution in [3.8, 4) is 22.3 Å². The first-order chi connectivity index (χ1) is 14.3. The lowest BCUT2D eigenvalue weighted by Gasteiger charge is -2.15. The number of hydrogen-bond donors (Lipinski definition) is 0. The van der Waals surface area contributed by atoms with E-state index >= 15 is 0 Å². The molecule has 0 saturated heterocycles. The molecule has 0 N–H and O–H groups in total. The number of rotatable bonds is 4. The largest absolute Gasteiger partial charge is 0.0648 e. The van der Waals surface area contributed by atoms with Crippen LogP contribution in [0.1, 0.15) is 31.4 Å². The van der Waals surface area contributed by atoms with Gasteiger partial charge >= 0.3 is 0 Å². The first-order valence-corrected chi connectivity index (χ1v) is 10.7. The summed E-state index contributed by atoms with van der Waals surface area (Å²) >= 11 is 0. The lowest BCUT2D eigenvalue weighted by atomic mass is 9.89. The Balaban J connectivity index is 1.72. The van der Waals surface area contributed by atoms with E-state index in [-0.39, 0.29) is 0 Å². The van der Waals surface area contributed by atoms with E-state index in [1.165, 1.54) is 50.6 Å². The minimum Gasteiger partial charge on any atom is -0.0648 e. The molecule has 0 heterocycles. The Morgan fingerprint density at radius 3 is 2.14 bits per heavy atom. The molecule has 0 heteroatoms. The Morgan fingerprint density at radius 1 is 0.690 bits per heavy atom. The Morgan fingerprint density at radius 2 is 1.31 bits per heavy atom. The number of fused-ring (bicyclic) bond motifs is 2. The Labute approximate surface area is 173 Å². The quantitative estimate of drug-likeness (QED) is 0.338. The fourth-order valence-electron chi connectivity index (χ4n) is 4.62. The fraction of sp³-hybridized carbons (Fsp3) is 0.172. The topological polar surface area (TPSA) is 0 Å². The van der Waals surface area contributed by atoms with E-state index in [4.69, 9.17) is 0 Å². The number of hydrogen-bond acceptors (Lipinski definition) is 0. The number of benzene rings is 4. The van der Waals surface area contributed by atoms with Crippen LogP contribution in [0, 0.1) is 5.92 Å². The van der Waals surface area contributed by atoms with Crippen molar-refractivity contribution in [2.45, 2.75) is 26.7 Å². The van der Waals surface area contributed by atoms with Gasteiger partial charge in [0.1, 0.15) is 0 Å². The van der Waals surface area contributed by atoms with E-state index in [1.54, 1.807) is 5.57 Å². The highest BCUT2D eigenvalue weighted by atomic mass is 14.2. The fourth-order valence-corrected chi connectivity index (χ4v) is 4.62. The summed E-state index contributed by atoms with van der Waals surface area (Å²) in [5.74, 6) is 0.642. The first-order valence-electron chi connectivity index (χ1n) is 10.7. The van der Waals surface area contributed by atoms with Crippen LogP contribution in [0.5, 0.6) is 0 Å². The molecular weight excluding hydrogens is 348 g/mol. The van der Waals surface area contributed by atoms with Crippen molar-refractivity contribution in [2.24, 2.45) is 5.92 Å². The summed E-state index contributed by atoms with van der Waals surface area (Å²) in [7, 11) is 0. The summed E-state index contributed by atoms with van der Waals surface area (Å²) < 4.78 is 0. The normalized spacial score (nSPS) is 13.9.